The Morgan fingerprint density at radius 2 is 1.47 bits per heavy atom. The Kier molecular flexibility index (Phi) is 6.59. The largest absolute Gasteiger partial charge is 0.0648 e. The zero-order valence-corrected chi connectivity index (χ0v) is 15.0. The van der Waals surface area contributed by atoms with Gasteiger partial charge in [0, 0.05) is 29.6 Å². The molecule has 2 aromatic rings. The maximum atomic E-state index is 2.35. The van der Waals surface area contributed by atoms with E-state index >= 15 is 0 Å². The van der Waals surface area contributed by atoms with Gasteiger partial charge in [-0.2, -0.15) is 0 Å². The van der Waals surface area contributed by atoms with E-state index in [9.17, 15) is 0 Å². The average Bonchev–Trinajstić information content (AvgIpc) is 2.44. The number of fused-ring (bicyclic) bond motifs is 1. The van der Waals surface area contributed by atoms with Crippen molar-refractivity contribution in [3.05, 3.63) is 47.5 Å². The predicted octanol–water partition coefficient (Wildman–Crippen LogP) is 5.49. The van der Waals surface area contributed by atoms with Gasteiger partial charge in [0.15, 0.2) is 0 Å². The van der Waals surface area contributed by atoms with Gasteiger partial charge >= 0.3 is 0 Å². The molecule has 1 radical (unpaired) electrons. The molecule has 0 amide bonds. The zero-order chi connectivity index (χ0) is 13.1. The van der Waals surface area contributed by atoms with E-state index in [4.69, 9.17) is 0 Å². The van der Waals surface area contributed by atoms with Crippen molar-refractivity contribution in [3.8, 4) is 0 Å². The van der Waals surface area contributed by atoms with E-state index < -0.39 is 0 Å². The second-order valence-corrected chi connectivity index (χ2v) is 5.41. The first-order valence-corrected chi connectivity index (χ1v) is 7.20. The van der Waals surface area contributed by atoms with E-state index in [0.717, 1.165) is 0 Å². The fraction of sp³-hybridized carbons (Fsp3) is 0.444. The predicted molar refractivity (Wildman–Crippen MR) is 87.1 cm³/mol. The molecule has 1 heteroatoms. The fourth-order valence-electron chi connectivity index (χ4n) is 2.72. The molecule has 2 unspecified atom stereocenters. The van der Waals surface area contributed by atoms with Crippen LogP contribution in [0.4, 0.5) is 0 Å². The number of hydrogen-bond acceptors (Lipinski definition) is 0. The van der Waals surface area contributed by atoms with Crippen molar-refractivity contribution < 1.29 is 0 Å². The summed E-state index contributed by atoms with van der Waals surface area (Å²) in [4.78, 5) is 0. The van der Waals surface area contributed by atoms with Gasteiger partial charge in [-0.05, 0) is 46.6 Å². The summed E-state index contributed by atoms with van der Waals surface area (Å²) >= 11 is 0. The van der Waals surface area contributed by atoms with Crippen molar-refractivity contribution in [1.29, 1.82) is 0 Å². The maximum absolute atomic E-state index is 2.35. The summed E-state index contributed by atoms with van der Waals surface area (Å²) in [5.41, 5.74) is 3.12. The monoisotopic (exact) mass is 263 g/mol. The standard InChI is InChI=1S/C18H24.Na/c1-5-13(3)16-12-11-15-9-7-8-10-17(15)18(16)14(4)6-2;/h7-14H,5-6H2,1-4H3;. The molecule has 97 valence electrons. The first-order chi connectivity index (χ1) is 8.69. The summed E-state index contributed by atoms with van der Waals surface area (Å²) in [5, 5.41) is 2.82. The van der Waals surface area contributed by atoms with Crippen LogP contribution < -0.4 is 0 Å². The molecule has 0 bridgehead atoms. The second-order valence-electron chi connectivity index (χ2n) is 5.41. The normalized spacial score (nSPS) is 13.9. The third-order valence-electron chi connectivity index (χ3n) is 4.25. The summed E-state index contributed by atoms with van der Waals surface area (Å²) in [6, 6.07) is 13.4. The van der Waals surface area contributed by atoms with Crippen molar-refractivity contribution in [2.75, 3.05) is 0 Å². The molecular weight excluding hydrogens is 239 g/mol. The molecule has 2 aromatic carbocycles. The zero-order valence-electron chi connectivity index (χ0n) is 13.0. The van der Waals surface area contributed by atoms with Crippen LogP contribution in [-0.2, 0) is 0 Å². The van der Waals surface area contributed by atoms with Gasteiger partial charge in [-0.1, -0.05) is 64.1 Å². The molecule has 0 aliphatic rings. The van der Waals surface area contributed by atoms with Gasteiger partial charge in [0.25, 0.3) is 0 Å². The first kappa shape index (κ1) is 16.8. The molecular formula is C18H24Na. The van der Waals surface area contributed by atoms with E-state index in [2.05, 4.69) is 64.1 Å². The third kappa shape index (κ3) is 3.42. The van der Waals surface area contributed by atoms with Gasteiger partial charge in [0.05, 0.1) is 0 Å². The number of rotatable bonds is 4. The summed E-state index contributed by atoms with van der Waals surface area (Å²) in [7, 11) is 0. The molecule has 2 rings (SSSR count). The molecule has 0 nitrogen and oxygen atoms in total. The van der Waals surface area contributed by atoms with Crippen molar-refractivity contribution in [3.63, 3.8) is 0 Å². The molecule has 0 aliphatic carbocycles. The van der Waals surface area contributed by atoms with E-state index in [-0.39, 0.29) is 29.6 Å². The summed E-state index contributed by atoms with van der Waals surface area (Å²) in [5.74, 6) is 1.29. The fourth-order valence-corrected chi connectivity index (χ4v) is 2.72. The van der Waals surface area contributed by atoms with Crippen LogP contribution >= 0.6 is 0 Å². The van der Waals surface area contributed by atoms with E-state index in [0.29, 0.717) is 11.8 Å². The van der Waals surface area contributed by atoms with Crippen molar-refractivity contribution in [1.82, 2.24) is 0 Å². The Hall–Kier alpha value is -0.300. The third-order valence-corrected chi connectivity index (χ3v) is 4.25. The van der Waals surface area contributed by atoms with E-state index in [1.54, 1.807) is 11.1 Å². The smallest absolute Gasteiger partial charge is 0 e. The van der Waals surface area contributed by atoms with E-state index in [1.165, 1.54) is 23.6 Å². The Labute approximate surface area is 139 Å². The van der Waals surface area contributed by atoms with Gasteiger partial charge in [-0.15, -0.1) is 0 Å². The van der Waals surface area contributed by atoms with Crippen LogP contribution in [0, 0.1) is 0 Å². The van der Waals surface area contributed by atoms with Crippen molar-refractivity contribution in [2.45, 2.75) is 52.4 Å². The molecule has 0 N–H and O–H groups in total. The SMILES string of the molecule is CCC(C)c1ccc2ccccc2c1C(C)CC.[Na]. The van der Waals surface area contributed by atoms with Crippen molar-refractivity contribution in [2.24, 2.45) is 0 Å². The molecule has 0 aliphatic heterocycles. The molecule has 0 heterocycles. The van der Waals surface area contributed by atoms with Crippen LogP contribution in [0.2, 0.25) is 0 Å². The summed E-state index contributed by atoms with van der Waals surface area (Å²) < 4.78 is 0. The first-order valence-electron chi connectivity index (χ1n) is 7.20. The molecule has 0 saturated heterocycles. The second kappa shape index (κ2) is 7.47. The van der Waals surface area contributed by atoms with Crippen LogP contribution in [0.5, 0.6) is 0 Å². The van der Waals surface area contributed by atoms with Gasteiger partial charge in [0.1, 0.15) is 0 Å². The van der Waals surface area contributed by atoms with Gasteiger partial charge in [0.2, 0.25) is 0 Å². The van der Waals surface area contributed by atoms with Gasteiger partial charge < -0.3 is 0 Å². The van der Waals surface area contributed by atoms with Crippen LogP contribution in [-0.4, -0.2) is 29.6 Å². The Balaban J connectivity index is 0.00000180. The molecule has 2 atom stereocenters. The Bertz CT molecular complexity index is 530. The minimum atomic E-state index is 0. The van der Waals surface area contributed by atoms with Crippen LogP contribution in [0.25, 0.3) is 10.8 Å². The van der Waals surface area contributed by atoms with Crippen LogP contribution in [0.3, 0.4) is 0 Å². The summed E-state index contributed by atoms with van der Waals surface area (Å²) in [6.45, 7) is 9.26. The molecule has 0 fully saturated rings. The Morgan fingerprint density at radius 3 is 2.11 bits per heavy atom. The maximum Gasteiger partial charge on any atom is 0 e. The number of benzene rings is 2. The Morgan fingerprint density at radius 1 is 0.842 bits per heavy atom. The topological polar surface area (TPSA) is 0 Å². The van der Waals surface area contributed by atoms with Gasteiger partial charge in [-0.3, -0.25) is 0 Å². The minimum Gasteiger partial charge on any atom is -0.0648 e. The van der Waals surface area contributed by atoms with Crippen molar-refractivity contribution >= 4 is 40.3 Å². The minimum absolute atomic E-state index is 0. The molecule has 19 heavy (non-hydrogen) atoms. The number of hydrogen-bond donors (Lipinski definition) is 0. The molecule has 0 saturated carbocycles. The summed E-state index contributed by atoms with van der Waals surface area (Å²) in [6.07, 6.45) is 2.42. The van der Waals surface area contributed by atoms with Crippen LogP contribution in [0.1, 0.15) is 63.5 Å². The van der Waals surface area contributed by atoms with E-state index in [1.807, 2.05) is 0 Å². The molecule has 0 aromatic heterocycles. The quantitative estimate of drug-likeness (QED) is 0.640. The molecule has 0 spiro atoms. The average molecular weight is 263 g/mol. The van der Waals surface area contributed by atoms with Crippen LogP contribution in [0.15, 0.2) is 36.4 Å². The van der Waals surface area contributed by atoms with Gasteiger partial charge in [-0.25, -0.2) is 0 Å².